The van der Waals surface area contributed by atoms with E-state index in [4.69, 9.17) is 0 Å². The molecule has 0 aliphatic carbocycles. The van der Waals surface area contributed by atoms with E-state index in [9.17, 15) is 0 Å². The number of aromatic nitrogens is 3. The van der Waals surface area contributed by atoms with Crippen molar-refractivity contribution in [3.63, 3.8) is 0 Å². The molecule has 0 radical (unpaired) electrons. The second-order valence-electron chi connectivity index (χ2n) is 5.73. The normalized spacial score (nSPS) is 11.3. The summed E-state index contributed by atoms with van der Waals surface area (Å²) < 4.78 is 1.74. The molecule has 0 fully saturated rings. The van der Waals surface area contributed by atoms with Crippen LogP contribution in [-0.2, 0) is 26.7 Å². The van der Waals surface area contributed by atoms with Gasteiger partial charge in [0.15, 0.2) is 5.96 Å². The van der Waals surface area contributed by atoms with Gasteiger partial charge in [-0.1, -0.05) is 31.2 Å². The summed E-state index contributed by atoms with van der Waals surface area (Å²) in [5.74, 6) is 1.61. The van der Waals surface area contributed by atoms with Crippen molar-refractivity contribution in [2.24, 2.45) is 12.0 Å². The summed E-state index contributed by atoms with van der Waals surface area (Å²) in [4.78, 5) is 10.7. The molecule has 0 bridgehead atoms. The topological polar surface area (TPSA) is 70.4 Å². The molecule has 8 heteroatoms. The van der Waals surface area contributed by atoms with Crippen molar-refractivity contribution < 1.29 is 0 Å². The van der Waals surface area contributed by atoms with Crippen molar-refractivity contribution in [2.75, 3.05) is 20.6 Å². The summed E-state index contributed by atoms with van der Waals surface area (Å²) in [5, 5.41) is 10.6. The highest BCUT2D eigenvalue weighted by atomic mass is 127. The predicted octanol–water partition coefficient (Wildman–Crippen LogP) is 1.75. The van der Waals surface area contributed by atoms with Crippen LogP contribution < -0.4 is 10.6 Å². The molecule has 1 aromatic heterocycles. The van der Waals surface area contributed by atoms with Crippen LogP contribution >= 0.6 is 24.0 Å². The lowest BCUT2D eigenvalue weighted by molar-refractivity contribution is 0.345. The van der Waals surface area contributed by atoms with Crippen LogP contribution in [0.2, 0.25) is 0 Å². The number of aryl methyl sites for hydroxylation is 1. The van der Waals surface area contributed by atoms with E-state index in [1.54, 1.807) is 18.1 Å². The molecule has 0 spiro atoms. The maximum Gasteiger partial charge on any atom is 0.191 e. The number of nitrogens with zero attached hydrogens (tertiary/aromatic N) is 5. The average molecular weight is 457 g/mol. The largest absolute Gasteiger partial charge is 0.352 e. The van der Waals surface area contributed by atoms with E-state index in [1.807, 2.05) is 7.05 Å². The van der Waals surface area contributed by atoms with Crippen LogP contribution in [0.1, 0.15) is 23.9 Å². The first-order valence-corrected chi connectivity index (χ1v) is 8.16. The van der Waals surface area contributed by atoms with Gasteiger partial charge in [-0.3, -0.25) is 9.67 Å². The lowest BCUT2D eigenvalue weighted by atomic mass is 10.1. The zero-order chi connectivity index (χ0) is 17.4. The fourth-order valence-electron chi connectivity index (χ4n) is 2.31. The molecular weight excluding hydrogens is 429 g/mol. The summed E-state index contributed by atoms with van der Waals surface area (Å²) in [6, 6.07) is 8.62. The molecule has 0 amide bonds. The molecule has 1 heterocycles. The Kier molecular flexibility index (Phi) is 9.43. The Morgan fingerprint density at radius 2 is 1.96 bits per heavy atom. The van der Waals surface area contributed by atoms with Crippen molar-refractivity contribution >= 4 is 29.9 Å². The highest BCUT2D eigenvalue weighted by Gasteiger charge is 2.04. The maximum atomic E-state index is 4.25. The van der Waals surface area contributed by atoms with Gasteiger partial charge >= 0.3 is 0 Å². The summed E-state index contributed by atoms with van der Waals surface area (Å²) in [6.45, 7) is 5.47. The second kappa shape index (κ2) is 11.0. The van der Waals surface area contributed by atoms with Crippen molar-refractivity contribution in [1.29, 1.82) is 0 Å². The minimum Gasteiger partial charge on any atom is -0.352 e. The Bertz CT molecular complexity index is 669. The lowest BCUT2D eigenvalue weighted by Crippen LogP contribution is -2.37. The van der Waals surface area contributed by atoms with E-state index < -0.39 is 0 Å². The van der Waals surface area contributed by atoms with Crippen LogP contribution in [0.25, 0.3) is 0 Å². The fraction of sp³-hybridized carbons (Fsp3) is 0.471. The van der Waals surface area contributed by atoms with E-state index in [-0.39, 0.29) is 24.0 Å². The van der Waals surface area contributed by atoms with Gasteiger partial charge in [-0.15, -0.1) is 24.0 Å². The minimum absolute atomic E-state index is 0. The predicted molar refractivity (Wildman–Crippen MR) is 112 cm³/mol. The highest BCUT2D eigenvalue weighted by molar-refractivity contribution is 14.0. The number of nitrogens with one attached hydrogen (secondary N) is 2. The second-order valence-corrected chi connectivity index (χ2v) is 5.73. The van der Waals surface area contributed by atoms with Crippen LogP contribution in [-0.4, -0.2) is 46.3 Å². The van der Waals surface area contributed by atoms with Crippen LogP contribution in [0.4, 0.5) is 0 Å². The van der Waals surface area contributed by atoms with Crippen LogP contribution in [0.3, 0.4) is 0 Å². The van der Waals surface area contributed by atoms with Gasteiger partial charge in [0.1, 0.15) is 12.2 Å². The Morgan fingerprint density at radius 1 is 1.24 bits per heavy atom. The maximum absolute atomic E-state index is 4.25. The van der Waals surface area contributed by atoms with Crippen LogP contribution in [0.5, 0.6) is 0 Å². The standard InChI is InChI=1S/C17H27N7.HI/c1-5-23(3)12-15-8-6-7-14(9-15)10-19-17(18-2)20-11-16-21-13-22-24(16)4;/h6-9,13H,5,10-12H2,1-4H3,(H2,18,19,20);1H. The quantitative estimate of drug-likeness (QED) is 0.377. The Labute approximate surface area is 166 Å². The molecule has 0 saturated heterocycles. The van der Waals surface area contributed by atoms with Gasteiger partial charge in [0.2, 0.25) is 0 Å². The van der Waals surface area contributed by atoms with Crippen molar-refractivity contribution in [2.45, 2.75) is 26.6 Å². The third-order valence-electron chi connectivity index (χ3n) is 3.89. The fourth-order valence-corrected chi connectivity index (χ4v) is 2.31. The molecule has 138 valence electrons. The van der Waals surface area contributed by atoms with E-state index in [0.29, 0.717) is 6.54 Å². The molecule has 25 heavy (non-hydrogen) atoms. The summed E-state index contributed by atoms with van der Waals surface area (Å²) in [5.41, 5.74) is 2.55. The van der Waals surface area contributed by atoms with E-state index in [2.05, 4.69) is 68.8 Å². The number of rotatable bonds is 7. The van der Waals surface area contributed by atoms with Crippen molar-refractivity contribution in [3.05, 3.63) is 47.5 Å². The Morgan fingerprint density at radius 3 is 2.60 bits per heavy atom. The van der Waals surface area contributed by atoms with Gasteiger partial charge in [0.05, 0.1) is 6.54 Å². The lowest BCUT2D eigenvalue weighted by Gasteiger charge is -2.15. The third kappa shape index (κ3) is 6.99. The molecule has 1 aromatic carbocycles. The number of benzene rings is 1. The van der Waals surface area contributed by atoms with E-state index >= 15 is 0 Å². The molecular formula is C17H28IN7. The summed E-state index contributed by atoms with van der Waals surface area (Å²) >= 11 is 0. The van der Waals surface area contributed by atoms with E-state index in [1.165, 1.54) is 11.1 Å². The Balaban J connectivity index is 0.00000312. The van der Waals surface area contributed by atoms with Gasteiger partial charge in [-0.05, 0) is 24.7 Å². The molecule has 2 rings (SSSR count). The SMILES string of the molecule is CCN(C)Cc1cccc(CNC(=NC)NCc2ncnn2C)c1.I. The molecule has 0 atom stereocenters. The Hall–Kier alpha value is -1.68. The smallest absolute Gasteiger partial charge is 0.191 e. The van der Waals surface area contributed by atoms with Crippen LogP contribution in [0.15, 0.2) is 35.6 Å². The van der Waals surface area contributed by atoms with E-state index in [0.717, 1.165) is 31.4 Å². The first-order valence-electron chi connectivity index (χ1n) is 8.16. The molecule has 2 aromatic rings. The highest BCUT2D eigenvalue weighted by Crippen LogP contribution is 2.07. The van der Waals surface area contributed by atoms with Crippen LogP contribution in [0, 0.1) is 0 Å². The first kappa shape index (κ1) is 21.4. The first-order chi connectivity index (χ1) is 11.6. The molecule has 0 aliphatic heterocycles. The zero-order valence-electron chi connectivity index (χ0n) is 15.4. The van der Waals surface area contributed by atoms with Crippen molar-refractivity contribution in [3.8, 4) is 0 Å². The van der Waals surface area contributed by atoms with Gasteiger partial charge < -0.3 is 15.5 Å². The van der Waals surface area contributed by atoms with Gasteiger partial charge in [0, 0.05) is 27.2 Å². The zero-order valence-corrected chi connectivity index (χ0v) is 17.7. The van der Waals surface area contributed by atoms with Gasteiger partial charge in [-0.2, -0.15) is 5.10 Å². The molecule has 2 N–H and O–H groups in total. The van der Waals surface area contributed by atoms with Gasteiger partial charge in [-0.25, -0.2) is 4.98 Å². The molecule has 0 unspecified atom stereocenters. The number of hydrogen-bond donors (Lipinski definition) is 2. The number of halogens is 1. The minimum atomic E-state index is 0. The van der Waals surface area contributed by atoms with Gasteiger partial charge in [0.25, 0.3) is 0 Å². The molecule has 0 saturated carbocycles. The summed E-state index contributed by atoms with van der Waals surface area (Å²) in [6.07, 6.45) is 1.55. The molecule has 0 aliphatic rings. The summed E-state index contributed by atoms with van der Waals surface area (Å²) in [7, 11) is 5.76. The number of hydrogen-bond acceptors (Lipinski definition) is 4. The molecule has 7 nitrogen and oxygen atoms in total. The average Bonchev–Trinajstić information content (AvgIpc) is 3.00. The number of guanidine groups is 1. The van der Waals surface area contributed by atoms with Crippen molar-refractivity contribution in [1.82, 2.24) is 30.3 Å². The monoisotopic (exact) mass is 457 g/mol. The third-order valence-corrected chi connectivity index (χ3v) is 3.89. The number of aliphatic imine (C=N–C) groups is 1.